The summed E-state index contributed by atoms with van der Waals surface area (Å²) in [6.07, 6.45) is 1.85. The molecule has 0 unspecified atom stereocenters. The molecule has 5 nitrogen and oxygen atoms in total. The molecule has 0 heterocycles. The summed E-state index contributed by atoms with van der Waals surface area (Å²) >= 11 is 0. The molecule has 0 aliphatic heterocycles. The number of unbranched alkanes of at least 4 members (excludes halogenated alkanes) is 1. The molecule has 0 saturated heterocycles. The van der Waals surface area contributed by atoms with Crippen LogP contribution in [0.2, 0.25) is 0 Å². The lowest BCUT2D eigenvalue weighted by atomic mass is 10.3. The van der Waals surface area contributed by atoms with Crippen LogP contribution in [0.15, 0.2) is 18.2 Å². The quantitative estimate of drug-likeness (QED) is 0.535. The van der Waals surface area contributed by atoms with E-state index in [0.717, 1.165) is 12.8 Å². The molecule has 0 bridgehead atoms. The molecule has 0 spiro atoms. The van der Waals surface area contributed by atoms with Gasteiger partial charge in [0.1, 0.15) is 17.2 Å². The van der Waals surface area contributed by atoms with Crippen LogP contribution in [0.4, 0.5) is 0 Å². The fourth-order valence-electron chi connectivity index (χ4n) is 1.38. The van der Waals surface area contributed by atoms with Gasteiger partial charge in [0.2, 0.25) is 0 Å². The van der Waals surface area contributed by atoms with Crippen LogP contribution in [0.25, 0.3) is 0 Å². The fourth-order valence-corrected chi connectivity index (χ4v) is 1.38. The average molecular weight is 268 g/mol. The molecule has 1 aromatic rings. The Morgan fingerprint density at radius 3 is 2.16 bits per heavy atom. The number of esters is 1. The van der Waals surface area contributed by atoms with Crippen molar-refractivity contribution < 1.29 is 23.7 Å². The maximum absolute atomic E-state index is 11.4. The summed E-state index contributed by atoms with van der Waals surface area (Å²) in [6, 6.07) is 5.09. The Bertz CT molecular complexity index is 381. The first-order valence-electron chi connectivity index (χ1n) is 6.21. The third-order valence-corrected chi connectivity index (χ3v) is 2.44. The van der Waals surface area contributed by atoms with Crippen molar-refractivity contribution in [3.63, 3.8) is 0 Å². The minimum Gasteiger partial charge on any atom is -0.496 e. The predicted octanol–water partition coefficient (Wildman–Crippen LogP) is 2.43. The van der Waals surface area contributed by atoms with E-state index in [1.807, 2.05) is 6.92 Å². The lowest BCUT2D eigenvalue weighted by molar-refractivity contribution is -0.146. The van der Waals surface area contributed by atoms with E-state index in [1.54, 1.807) is 32.4 Å². The lowest BCUT2D eigenvalue weighted by Crippen LogP contribution is -2.15. The van der Waals surface area contributed by atoms with E-state index in [1.165, 1.54) is 0 Å². The Morgan fingerprint density at radius 2 is 1.63 bits per heavy atom. The first-order chi connectivity index (χ1) is 9.19. The molecule has 19 heavy (non-hydrogen) atoms. The van der Waals surface area contributed by atoms with Gasteiger partial charge in [-0.05, 0) is 6.42 Å². The van der Waals surface area contributed by atoms with Gasteiger partial charge < -0.3 is 18.9 Å². The number of carbonyl (C=O) groups excluding carboxylic acids is 1. The van der Waals surface area contributed by atoms with E-state index in [4.69, 9.17) is 18.9 Å². The highest BCUT2D eigenvalue weighted by Crippen LogP contribution is 2.27. The number of ether oxygens (including phenoxy) is 4. The molecule has 0 saturated carbocycles. The van der Waals surface area contributed by atoms with Gasteiger partial charge in [0.15, 0.2) is 6.61 Å². The van der Waals surface area contributed by atoms with Gasteiger partial charge in [0.05, 0.1) is 20.8 Å². The zero-order valence-corrected chi connectivity index (χ0v) is 11.6. The van der Waals surface area contributed by atoms with Crippen LogP contribution in [0.3, 0.4) is 0 Å². The summed E-state index contributed by atoms with van der Waals surface area (Å²) in [7, 11) is 3.11. The largest absolute Gasteiger partial charge is 0.496 e. The van der Waals surface area contributed by atoms with E-state index in [9.17, 15) is 4.79 Å². The van der Waals surface area contributed by atoms with E-state index in [0.29, 0.717) is 23.9 Å². The summed E-state index contributed by atoms with van der Waals surface area (Å²) in [4.78, 5) is 11.4. The molecule has 1 rings (SSSR count). The average Bonchev–Trinajstić information content (AvgIpc) is 2.45. The van der Waals surface area contributed by atoms with Crippen molar-refractivity contribution in [3.05, 3.63) is 18.2 Å². The first kappa shape index (κ1) is 15.1. The molecule has 106 valence electrons. The zero-order chi connectivity index (χ0) is 14.1. The molecule has 1 aromatic carbocycles. The van der Waals surface area contributed by atoms with E-state index in [-0.39, 0.29) is 12.6 Å². The number of rotatable bonds is 8. The standard InChI is InChI=1S/C14H20O5/c1-4-5-6-18-14(15)10-19-13-8-11(16-2)7-12(9-13)17-3/h7-9H,4-6,10H2,1-3H3. The van der Waals surface area contributed by atoms with E-state index in [2.05, 4.69) is 0 Å². The van der Waals surface area contributed by atoms with Gasteiger partial charge in [0.25, 0.3) is 0 Å². The second-order valence-corrected chi connectivity index (χ2v) is 3.91. The maximum atomic E-state index is 11.4. The van der Waals surface area contributed by atoms with Crippen LogP contribution >= 0.6 is 0 Å². The molecular weight excluding hydrogens is 248 g/mol. The Kier molecular flexibility index (Phi) is 6.57. The minimum absolute atomic E-state index is 0.125. The lowest BCUT2D eigenvalue weighted by Gasteiger charge is -2.10. The van der Waals surface area contributed by atoms with Crippen LogP contribution in [-0.2, 0) is 9.53 Å². The highest BCUT2D eigenvalue weighted by molar-refractivity contribution is 5.71. The molecule has 0 radical (unpaired) electrons. The minimum atomic E-state index is -0.379. The van der Waals surface area contributed by atoms with Crippen molar-refractivity contribution in [3.8, 4) is 17.2 Å². The number of methoxy groups -OCH3 is 2. The molecule has 0 amide bonds. The molecule has 0 aliphatic carbocycles. The summed E-state index contributed by atoms with van der Waals surface area (Å²) in [5.74, 6) is 1.33. The summed E-state index contributed by atoms with van der Waals surface area (Å²) in [5, 5.41) is 0. The summed E-state index contributed by atoms with van der Waals surface area (Å²) in [5.41, 5.74) is 0. The third-order valence-electron chi connectivity index (χ3n) is 2.44. The van der Waals surface area contributed by atoms with Gasteiger partial charge in [-0.25, -0.2) is 4.79 Å². The topological polar surface area (TPSA) is 54.0 Å². The van der Waals surface area contributed by atoms with Crippen molar-refractivity contribution >= 4 is 5.97 Å². The molecule has 0 aromatic heterocycles. The van der Waals surface area contributed by atoms with Crippen LogP contribution in [-0.4, -0.2) is 33.4 Å². The monoisotopic (exact) mass is 268 g/mol. The normalized spacial score (nSPS) is 9.84. The van der Waals surface area contributed by atoms with Gasteiger partial charge in [-0.15, -0.1) is 0 Å². The Hall–Kier alpha value is -1.91. The molecule has 0 atom stereocenters. The summed E-state index contributed by atoms with van der Waals surface area (Å²) in [6.45, 7) is 2.34. The SMILES string of the molecule is CCCCOC(=O)COc1cc(OC)cc(OC)c1. The van der Waals surface area contributed by atoms with Gasteiger partial charge >= 0.3 is 5.97 Å². The number of hydrogen-bond acceptors (Lipinski definition) is 5. The fraction of sp³-hybridized carbons (Fsp3) is 0.500. The Morgan fingerprint density at radius 1 is 1.05 bits per heavy atom. The van der Waals surface area contributed by atoms with Gasteiger partial charge in [-0.1, -0.05) is 13.3 Å². The van der Waals surface area contributed by atoms with Crippen LogP contribution < -0.4 is 14.2 Å². The highest BCUT2D eigenvalue weighted by Gasteiger charge is 2.07. The van der Waals surface area contributed by atoms with Crippen molar-refractivity contribution in [1.29, 1.82) is 0 Å². The smallest absolute Gasteiger partial charge is 0.344 e. The third kappa shape index (κ3) is 5.50. The highest BCUT2D eigenvalue weighted by atomic mass is 16.6. The number of benzene rings is 1. The molecule has 0 fully saturated rings. The predicted molar refractivity (Wildman–Crippen MR) is 70.9 cm³/mol. The van der Waals surface area contributed by atoms with Crippen molar-refractivity contribution in [2.75, 3.05) is 27.4 Å². The molecular formula is C14H20O5. The Labute approximate surface area is 113 Å². The van der Waals surface area contributed by atoms with Crippen LogP contribution in [0.1, 0.15) is 19.8 Å². The van der Waals surface area contributed by atoms with E-state index < -0.39 is 0 Å². The Balaban J connectivity index is 2.50. The number of carbonyl (C=O) groups is 1. The number of hydrogen-bond donors (Lipinski definition) is 0. The van der Waals surface area contributed by atoms with Gasteiger partial charge in [0, 0.05) is 18.2 Å². The van der Waals surface area contributed by atoms with E-state index >= 15 is 0 Å². The zero-order valence-electron chi connectivity index (χ0n) is 11.6. The van der Waals surface area contributed by atoms with Crippen molar-refractivity contribution in [2.24, 2.45) is 0 Å². The first-order valence-corrected chi connectivity index (χ1v) is 6.21. The van der Waals surface area contributed by atoms with Gasteiger partial charge in [-0.3, -0.25) is 0 Å². The second kappa shape index (κ2) is 8.24. The van der Waals surface area contributed by atoms with Crippen LogP contribution in [0, 0.1) is 0 Å². The maximum Gasteiger partial charge on any atom is 0.344 e. The van der Waals surface area contributed by atoms with Crippen molar-refractivity contribution in [2.45, 2.75) is 19.8 Å². The molecule has 0 N–H and O–H groups in total. The van der Waals surface area contributed by atoms with Crippen LogP contribution in [0.5, 0.6) is 17.2 Å². The summed E-state index contributed by atoms with van der Waals surface area (Å²) < 4.78 is 20.6. The molecule has 5 heteroatoms. The van der Waals surface area contributed by atoms with Gasteiger partial charge in [-0.2, -0.15) is 0 Å². The second-order valence-electron chi connectivity index (χ2n) is 3.91. The molecule has 0 aliphatic rings. The van der Waals surface area contributed by atoms with Crippen molar-refractivity contribution in [1.82, 2.24) is 0 Å².